The summed E-state index contributed by atoms with van der Waals surface area (Å²) in [7, 11) is 0. The van der Waals surface area contributed by atoms with Gasteiger partial charge in [-0.2, -0.15) is 0 Å². The van der Waals surface area contributed by atoms with Crippen LogP contribution in [0.3, 0.4) is 0 Å². The van der Waals surface area contributed by atoms with Crippen LogP contribution in [0.15, 0.2) is 0 Å². The standard InChI is InChI=1S/C10H14Cl3NO7/c1-3(16)20-7-6(18)5(17)4(2-15)21-8(7)14-9(19)10(11,12)13/h4-8,15,17-18H,2H2,1H3,(H,14,19)/t4-,5-,6+,7+,8+/m1/s1. The highest BCUT2D eigenvalue weighted by atomic mass is 35.6. The van der Waals surface area contributed by atoms with Crippen LogP contribution in [0.1, 0.15) is 6.92 Å². The number of alkyl halides is 3. The smallest absolute Gasteiger partial charge is 0.303 e. The Labute approximate surface area is 134 Å². The largest absolute Gasteiger partial charge is 0.455 e. The summed E-state index contributed by atoms with van der Waals surface area (Å²) in [6, 6.07) is 0. The Morgan fingerprint density at radius 2 is 1.86 bits per heavy atom. The number of hydrogen-bond donors (Lipinski definition) is 4. The molecule has 5 atom stereocenters. The second kappa shape index (κ2) is 7.28. The minimum Gasteiger partial charge on any atom is -0.455 e. The predicted octanol–water partition coefficient (Wildman–Crippen LogP) is -1.16. The van der Waals surface area contributed by atoms with Crippen LogP contribution in [-0.2, 0) is 19.1 Å². The zero-order valence-corrected chi connectivity index (χ0v) is 13.0. The van der Waals surface area contributed by atoms with Gasteiger partial charge in [0.05, 0.1) is 6.61 Å². The monoisotopic (exact) mass is 365 g/mol. The fraction of sp³-hybridized carbons (Fsp3) is 0.800. The molecule has 1 amide bonds. The lowest BCUT2D eigenvalue weighted by Crippen LogP contribution is -2.65. The summed E-state index contributed by atoms with van der Waals surface area (Å²) in [5.74, 6) is -1.87. The molecule has 11 heteroatoms. The van der Waals surface area contributed by atoms with Crippen LogP contribution in [0.2, 0.25) is 0 Å². The van der Waals surface area contributed by atoms with E-state index < -0.39 is 52.9 Å². The third-order valence-corrected chi connectivity index (χ3v) is 3.21. The van der Waals surface area contributed by atoms with Gasteiger partial charge in [0.2, 0.25) is 0 Å². The summed E-state index contributed by atoms with van der Waals surface area (Å²) >= 11 is 16.2. The molecule has 1 rings (SSSR count). The van der Waals surface area contributed by atoms with Gasteiger partial charge in [-0.05, 0) is 0 Å². The topological polar surface area (TPSA) is 125 Å². The summed E-state index contributed by atoms with van der Waals surface area (Å²) in [6.07, 6.45) is -7.20. The van der Waals surface area contributed by atoms with Crippen molar-refractivity contribution >= 4 is 46.7 Å². The molecular formula is C10H14Cl3NO7. The van der Waals surface area contributed by atoms with Crippen molar-refractivity contribution in [1.29, 1.82) is 0 Å². The van der Waals surface area contributed by atoms with Gasteiger partial charge in [-0.1, -0.05) is 34.8 Å². The number of aliphatic hydroxyl groups is 3. The van der Waals surface area contributed by atoms with Crippen LogP contribution in [0.4, 0.5) is 0 Å². The maximum Gasteiger partial charge on any atom is 0.303 e. The molecule has 0 saturated carbocycles. The van der Waals surface area contributed by atoms with Crippen molar-refractivity contribution in [2.24, 2.45) is 0 Å². The van der Waals surface area contributed by atoms with Gasteiger partial charge in [-0.15, -0.1) is 0 Å². The first-order chi connectivity index (χ1) is 9.57. The van der Waals surface area contributed by atoms with Crippen LogP contribution in [0.5, 0.6) is 0 Å². The van der Waals surface area contributed by atoms with Crippen molar-refractivity contribution in [3.05, 3.63) is 0 Å². The molecule has 1 saturated heterocycles. The van der Waals surface area contributed by atoms with Gasteiger partial charge < -0.3 is 30.1 Å². The Morgan fingerprint density at radius 3 is 2.29 bits per heavy atom. The van der Waals surface area contributed by atoms with E-state index in [9.17, 15) is 19.8 Å². The molecular weight excluding hydrogens is 352 g/mol. The normalized spacial score (nSPS) is 33.4. The highest BCUT2D eigenvalue weighted by Gasteiger charge is 2.48. The Balaban J connectivity index is 2.93. The van der Waals surface area contributed by atoms with E-state index in [1.165, 1.54) is 0 Å². The zero-order chi connectivity index (χ0) is 16.4. The van der Waals surface area contributed by atoms with E-state index in [1.54, 1.807) is 0 Å². The lowest BCUT2D eigenvalue weighted by Gasteiger charge is -2.41. The molecule has 0 radical (unpaired) electrons. The second-order valence-electron chi connectivity index (χ2n) is 4.30. The van der Waals surface area contributed by atoms with E-state index >= 15 is 0 Å². The number of ether oxygens (including phenoxy) is 2. The number of esters is 1. The van der Waals surface area contributed by atoms with E-state index in [1.807, 2.05) is 0 Å². The first-order valence-electron chi connectivity index (χ1n) is 5.75. The molecule has 1 fully saturated rings. The summed E-state index contributed by atoms with van der Waals surface area (Å²) < 4.78 is 7.64. The van der Waals surface area contributed by atoms with Crippen LogP contribution in [0.25, 0.3) is 0 Å². The van der Waals surface area contributed by atoms with Gasteiger partial charge in [-0.3, -0.25) is 9.59 Å². The SMILES string of the molecule is CC(=O)O[C@H]1[C@@H](O)[C@H](O)[C@@H](CO)O[C@@H]1NC(=O)C(Cl)(Cl)Cl. The second-order valence-corrected chi connectivity index (χ2v) is 6.59. The summed E-state index contributed by atoms with van der Waals surface area (Å²) in [6.45, 7) is 0.413. The van der Waals surface area contributed by atoms with E-state index in [0.29, 0.717) is 0 Å². The van der Waals surface area contributed by atoms with Gasteiger partial charge >= 0.3 is 5.97 Å². The van der Waals surface area contributed by atoms with Crippen LogP contribution < -0.4 is 5.32 Å². The minimum absolute atomic E-state index is 0.648. The van der Waals surface area contributed by atoms with Crippen molar-refractivity contribution in [2.45, 2.75) is 41.4 Å². The number of carbonyl (C=O) groups is 2. The van der Waals surface area contributed by atoms with Crippen LogP contribution >= 0.6 is 34.8 Å². The number of carbonyl (C=O) groups excluding carboxylic acids is 2. The fourth-order valence-electron chi connectivity index (χ4n) is 1.74. The predicted molar refractivity (Wildman–Crippen MR) is 71.7 cm³/mol. The van der Waals surface area contributed by atoms with Gasteiger partial charge in [0.15, 0.2) is 12.3 Å². The first kappa shape index (κ1) is 18.7. The zero-order valence-electron chi connectivity index (χ0n) is 10.7. The molecule has 0 spiro atoms. The summed E-state index contributed by atoms with van der Waals surface area (Å²) in [5, 5.41) is 30.8. The van der Waals surface area contributed by atoms with E-state index in [-0.39, 0.29) is 0 Å². The molecule has 0 aromatic heterocycles. The fourth-order valence-corrected chi connectivity index (χ4v) is 1.90. The number of rotatable bonds is 3. The molecule has 122 valence electrons. The van der Waals surface area contributed by atoms with Crippen molar-refractivity contribution in [1.82, 2.24) is 5.32 Å². The molecule has 0 bridgehead atoms. The molecule has 0 aromatic carbocycles. The Kier molecular flexibility index (Phi) is 6.48. The summed E-state index contributed by atoms with van der Waals surface area (Å²) in [4.78, 5) is 22.6. The highest BCUT2D eigenvalue weighted by molar-refractivity contribution is 6.76. The maximum atomic E-state index is 11.6. The first-order valence-corrected chi connectivity index (χ1v) is 6.88. The van der Waals surface area contributed by atoms with Crippen molar-refractivity contribution in [2.75, 3.05) is 6.61 Å². The molecule has 1 heterocycles. The van der Waals surface area contributed by atoms with Gasteiger partial charge in [0.1, 0.15) is 18.3 Å². The average molecular weight is 367 g/mol. The molecule has 1 aliphatic rings. The Bertz CT molecular complexity index is 403. The van der Waals surface area contributed by atoms with E-state index in [2.05, 4.69) is 5.32 Å². The van der Waals surface area contributed by atoms with E-state index in [0.717, 1.165) is 6.92 Å². The molecule has 1 aliphatic heterocycles. The number of hydrogen-bond acceptors (Lipinski definition) is 7. The van der Waals surface area contributed by atoms with Gasteiger partial charge in [-0.25, -0.2) is 0 Å². The maximum absolute atomic E-state index is 11.6. The van der Waals surface area contributed by atoms with Crippen molar-refractivity contribution in [3.63, 3.8) is 0 Å². The van der Waals surface area contributed by atoms with Crippen molar-refractivity contribution < 1.29 is 34.4 Å². The number of amides is 1. The molecule has 0 aliphatic carbocycles. The molecule has 21 heavy (non-hydrogen) atoms. The number of halogens is 3. The van der Waals surface area contributed by atoms with E-state index in [4.69, 9.17) is 49.4 Å². The number of nitrogens with one attached hydrogen (secondary N) is 1. The lowest BCUT2D eigenvalue weighted by molar-refractivity contribution is -0.244. The lowest BCUT2D eigenvalue weighted by atomic mass is 9.98. The third-order valence-electron chi connectivity index (χ3n) is 2.70. The van der Waals surface area contributed by atoms with Crippen molar-refractivity contribution in [3.8, 4) is 0 Å². The average Bonchev–Trinajstić information content (AvgIpc) is 2.36. The molecule has 0 unspecified atom stereocenters. The van der Waals surface area contributed by atoms with Crippen LogP contribution in [-0.4, -0.2) is 68.2 Å². The molecule has 8 nitrogen and oxygen atoms in total. The third kappa shape index (κ3) is 4.82. The Hall–Kier alpha value is -0.350. The van der Waals surface area contributed by atoms with Crippen LogP contribution in [0, 0.1) is 0 Å². The van der Waals surface area contributed by atoms with Gasteiger partial charge in [0.25, 0.3) is 9.70 Å². The Morgan fingerprint density at radius 1 is 1.29 bits per heavy atom. The quantitative estimate of drug-likeness (QED) is 0.367. The summed E-state index contributed by atoms with van der Waals surface area (Å²) in [5.41, 5.74) is 0. The highest BCUT2D eigenvalue weighted by Crippen LogP contribution is 2.28. The minimum atomic E-state index is -2.31. The molecule has 0 aromatic rings. The van der Waals surface area contributed by atoms with Gasteiger partial charge in [0, 0.05) is 6.92 Å². The number of aliphatic hydroxyl groups excluding tert-OH is 3. The molecule has 4 N–H and O–H groups in total.